The molecule has 0 aromatic heterocycles. The summed E-state index contributed by atoms with van der Waals surface area (Å²) >= 11 is 0. The average Bonchev–Trinajstić information content (AvgIpc) is 2.70. The van der Waals surface area contributed by atoms with E-state index in [9.17, 15) is 9.50 Å². The molecule has 16 heavy (non-hydrogen) atoms. The average molecular weight is 218 g/mol. The van der Waals surface area contributed by atoms with Crippen molar-refractivity contribution in [3.63, 3.8) is 0 Å². The number of hydrogen-bond donors (Lipinski definition) is 1. The largest absolute Gasteiger partial charge is 0.381 e. The Hall–Kier alpha value is -1.15. The van der Waals surface area contributed by atoms with Crippen LogP contribution in [0.3, 0.4) is 0 Å². The van der Waals surface area contributed by atoms with Crippen molar-refractivity contribution in [3.05, 3.63) is 47.8 Å². The van der Waals surface area contributed by atoms with Crippen molar-refractivity contribution < 1.29 is 9.50 Å². The molecule has 0 saturated heterocycles. The van der Waals surface area contributed by atoms with Gasteiger partial charge in [0.2, 0.25) is 0 Å². The Labute approximate surface area is 94.6 Å². The normalized spacial score (nSPS) is 36.6. The van der Waals surface area contributed by atoms with Gasteiger partial charge in [-0.2, -0.15) is 0 Å². The van der Waals surface area contributed by atoms with Gasteiger partial charge in [-0.3, -0.25) is 0 Å². The summed E-state index contributed by atoms with van der Waals surface area (Å²) in [6.07, 6.45) is 7.32. The maximum Gasteiger partial charge on any atom is 0.123 e. The first-order valence-corrected chi connectivity index (χ1v) is 5.86. The van der Waals surface area contributed by atoms with E-state index in [1.807, 2.05) is 6.08 Å². The molecule has 1 fully saturated rings. The number of aliphatic hydroxyl groups is 1. The van der Waals surface area contributed by atoms with Crippen LogP contribution >= 0.6 is 0 Å². The lowest BCUT2D eigenvalue weighted by Gasteiger charge is -2.34. The van der Waals surface area contributed by atoms with Crippen molar-refractivity contribution >= 4 is 0 Å². The quantitative estimate of drug-likeness (QED) is 0.718. The molecule has 1 saturated carbocycles. The van der Waals surface area contributed by atoms with Crippen molar-refractivity contribution in [3.8, 4) is 0 Å². The number of hydrogen-bond acceptors (Lipinski definition) is 1. The van der Waals surface area contributed by atoms with Gasteiger partial charge in [0.15, 0.2) is 0 Å². The molecule has 1 aromatic rings. The van der Waals surface area contributed by atoms with Crippen LogP contribution in [0.25, 0.3) is 0 Å². The van der Waals surface area contributed by atoms with Crippen LogP contribution in [-0.2, 0) is 5.60 Å². The van der Waals surface area contributed by atoms with Crippen molar-refractivity contribution in [2.75, 3.05) is 0 Å². The van der Waals surface area contributed by atoms with Gasteiger partial charge in [0.1, 0.15) is 11.4 Å². The molecule has 0 heterocycles. The molecule has 2 bridgehead atoms. The lowest BCUT2D eigenvalue weighted by molar-refractivity contribution is 0.0211. The second kappa shape index (κ2) is 3.42. The number of halogens is 1. The van der Waals surface area contributed by atoms with Crippen LogP contribution < -0.4 is 0 Å². The lowest BCUT2D eigenvalue weighted by Crippen LogP contribution is -2.33. The van der Waals surface area contributed by atoms with Crippen molar-refractivity contribution in [1.82, 2.24) is 0 Å². The van der Waals surface area contributed by atoms with E-state index >= 15 is 0 Å². The van der Waals surface area contributed by atoms with E-state index in [0.29, 0.717) is 11.8 Å². The first-order valence-electron chi connectivity index (χ1n) is 5.86. The summed E-state index contributed by atoms with van der Waals surface area (Å²) in [5.41, 5.74) is -0.0590. The Morgan fingerprint density at radius 1 is 1.19 bits per heavy atom. The number of allylic oxidation sites excluding steroid dienone is 1. The maximum absolute atomic E-state index is 12.9. The van der Waals surface area contributed by atoms with E-state index in [-0.39, 0.29) is 5.82 Å². The Bertz CT molecular complexity index is 423. The zero-order valence-electron chi connectivity index (χ0n) is 9.07. The third kappa shape index (κ3) is 1.40. The van der Waals surface area contributed by atoms with E-state index in [1.54, 1.807) is 12.1 Å². The SMILES string of the molecule is OC1(c2ccc(F)cc2)C=CC2CCC1C2. The summed E-state index contributed by atoms with van der Waals surface area (Å²) in [6.45, 7) is 0. The zero-order valence-corrected chi connectivity index (χ0v) is 9.07. The van der Waals surface area contributed by atoms with Gasteiger partial charge in [0.25, 0.3) is 0 Å². The van der Waals surface area contributed by atoms with Crippen molar-refractivity contribution in [1.29, 1.82) is 0 Å². The summed E-state index contributed by atoms with van der Waals surface area (Å²) in [5, 5.41) is 10.7. The highest BCUT2D eigenvalue weighted by Crippen LogP contribution is 2.48. The smallest absolute Gasteiger partial charge is 0.123 e. The van der Waals surface area contributed by atoms with Crippen LogP contribution in [0.15, 0.2) is 36.4 Å². The second-order valence-corrected chi connectivity index (χ2v) is 4.96. The Balaban J connectivity index is 2.01. The first kappa shape index (κ1) is 10.0. The predicted octanol–water partition coefficient (Wildman–Crippen LogP) is 3.00. The van der Waals surface area contributed by atoms with Crippen molar-refractivity contribution in [2.45, 2.75) is 24.9 Å². The van der Waals surface area contributed by atoms with Crippen LogP contribution in [-0.4, -0.2) is 5.11 Å². The highest BCUT2D eigenvalue weighted by molar-refractivity contribution is 5.31. The summed E-state index contributed by atoms with van der Waals surface area (Å²) in [5.74, 6) is 0.690. The summed E-state index contributed by atoms with van der Waals surface area (Å²) in [7, 11) is 0. The number of fused-ring (bicyclic) bond motifs is 2. The van der Waals surface area contributed by atoms with Crippen LogP contribution in [0.4, 0.5) is 4.39 Å². The minimum absolute atomic E-state index is 0.253. The van der Waals surface area contributed by atoms with Gasteiger partial charge in [0.05, 0.1) is 0 Å². The molecule has 0 spiro atoms. The van der Waals surface area contributed by atoms with Crippen LogP contribution in [0.5, 0.6) is 0 Å². The molecule has 2 heteroatoms. The van der Waals surface area contributed by atoms with E-state index in [4.69, 9.17) is 0 Å². The Morgan fingerprint density at radius 3 is 2.69 bits per heavy atom. The maximum atomic E-state index is 12.9. The monoisotopic (exact) mass is 218 g/mol. The van der Waals surface area contributed by atoms with Gasteiger partial charge in [0, 0.05) is 0 Å². The molecule has 3 rings (SSSR count). The second-order valence-electron chi connectivity index (χ2n) is 4.96. The van der Waals surface area contributed by atoms with Gasteiger partial charge in [-0.25, -0.2) is 4.39 Å². The fourth-order valence-corrected chi connectivity index (χ4v) is 3.06. The fraction of sp³-hybridized carbons (Fsp3) is 0.429. The third-order valence-electron chi connectivity index (χ3n) is 4.02. The molecular formula is C14H15FO. The highest BCUT2D eigenvalue weighted by atomic mass is 19.1. The van der Waals surface area contributed by atoms with Gasteiger partial charge in [-0.15, -0.1) is 0 Å². The molecule has 1 N–H and O–H groups in total. The molecule has 1 aromatic carbocycles. The minimum Gasteiger partial charge on any atom is -0.381 e. The molecule has 84 valence electrons. The molecule has 2 aliphatic rings. The highest BCUT2D eigenvalue weighted by Gasteiger charge is 2.43. The number of benzene rings is 1. The molecule has 1 nitrogen and oxygen atoms in total. The molecule has 2 aliphatic carbocycles. The first-order chi connectivity index (χ1) is 7.68. The van der Waals surface area contributed by atoms with E-state index < -0.39 is 5.60 Å². The van der Waals surface area contributed by atoms with Crippen LogP contribution in [0, 0.1) is 17.7 Å². The van der Waals surface area contributed by atoms with Gasteiger partial charge in [-0.05, 0) is 48.8 Å². The fourth-order valence-electron chi connectivity index (χ4n) is 3.06. The van der Waals surface area contributed by atoms with Crippen molar-refractivity contribution in [2.24, 2.45) is 11.8 Å². The molecule has 0 radical (unpaired) electrons. The van der Waals surface area contributed by atoms with Gasteiger partial charge >= 0.3 is 0 Å². The minimum atomic E-state index is -0.874. The van der Waals surface area contributed by atoms with Gasteiger partial charge < -0.3 is 5.11 Å². The van der Waals surface area contributed by atoms with Crippen LogP contribution in [0.1, 0.15) is 24.8 Å². The summed E-state index contributed by atoms with van der Waals surface area (Å²) < 4.78 is 12.9. The lowest BCUT2D eigenvalue weighted by atomic mass is 9.76. The number of rotatable bonds is 1. The molecule has 3 atom stereocenters. The predicted molar refractivity (Wildman–Crippen MR) is 60.3 cm³/mol. The molecule has 3 unspecified atom stereocenters. The van der Waals surface area contributed by atoms with E-state index in [2.05, 4.69) is 6.08 Å². The Kier molecular flexibility index (Phi) is 2.15. The van der Waals surface area contributed by atoms with Crippen LogP contribution in [0.2, 0.25) is 0 Å². The van der Waals surface area contributed by atoms with E-state index in [1.165, 1.54) is 18.6 Å². The topological polar surface area (TPSA) is 20.2 Å². The summed E-state index contributed by atoms with van der Waals surface area (Å²) in [6, 6.07) is 6.22. The summed E-state index contributed by atoms with van der Waals surface area (Å²) in [4.78, 5) is 0. The standard InChI is InChI=1S/C14H15FO/c15-13-5-3-11(4-6-13)14(16)8-7-10-1-2-12(14)9-10/h3-8,10,12,16H,1-2,9H2. The molecule has 0 aliphatic heterocycles. The molecular weight excluding hydrogens is 203 g/mol. The zero-order chi connectivity index (χ0) is 11.2. The Morgan fingerprint density at radius 2 is 1.94 bits per heavy atom. The van der Waals surface area contributed by atoms with E-state index in [0.717, 1.165) is 18.4 Å². The third-order valence-corrected chi connectivity index (χ3v) is 4.02. The van der Waals surface area contributed by atoms with Gasteiger partial charge in [-0.1, -0.05) is 24.3 Å². The molecule has 0 amide bonds.